The molecule has 0 aliphatic rings. The van der Waals surface area contributed by atoms with Crippen molar-refractivity contribution in [2.24, 2.45) is 5.73 Å². The molecule has 19 heavy (non-hydrogen) atoms. The van der Waals surface area contributed by atoms with Gasteiger partial charge in [0.2, 0.25) is 0 Å². The molecule has 108 valence electrons. The van der Waals surface area contributed by atoms with Crippen LogP contribution in [0, 0.1) is 6.92 Å². The van der Waals surface area contributed by atoms with Crippen LogP contribution >= 0.6 is 0 Å². The van der Waals surface area contributed by atoms with Crippen LogP contribution in [0.2, 0.25) is 0 Å². The molecule has 0 aliphatic carbocycles. The number of unbranched alkanes of at least 4 members (excludes halogenated alkanes) is 2. The maximum Gasteiger partial charge on any atom is 0.0424 e. The lowest BCUT2D eigenvalue weighted by atomic mass is 10.0. The Kier molecular flexibility index (Phi) is 7.11. The van der Waals surface area contributed by atoms with Crippen LogP contribution in [0.1, 0.15) is 57.2 Å². The lowest BCUT2D eigenvalue weighted by molar-refractivity contribution is 0.204. The van der Waals surface area contributed by atoms with E-state index in [1.165, 1.54) is 30.4 Å². The minimum Gasteiger partial charge on any atom is -0.323 e. The summed E-state index contributed by atoms with van der Waals surface area (Å²) in [6.45, 7) is 11.0. The Bertz CT molecular complexity index is 360. The van der Waals surface area contributed by atoms with Crippen LogP contribution in [0.4, 0.5) is 0 Å². The maximum atomic E-state index is 6.37. The summed E-state index contributed by atoms with van der Waals surface area (Å²) in [5.74, 6) is 0. The van der Waals surface area contributed by atoms with Crippen molar-refractivity contribution in [3.05, 3.63) is 35.4 Å². The van der Waals surface area contributed by atoms with Crippen molar-refractivity contribution in [3.63, 3.8) is 0 Å². The van der Waals surface area contributed by atoms with Gasteiger partial charge in [0.1, 0.15) is 0 Å². The number of nitrogens with two attached hydrogens (primary N) is 1. The summed E-state index contributed by atoms with van der Waals surface area (Å²) in [7, 11) is 0. The van der Waals surface area contributed by atoms with Crippen LogP contribution in [-0.4, -0.2) is 24.0 Å². The molecule has 0 radical (unpaired) electrons. The molecule has 2 N–H and O–H groups in total. The van der Waals surface area contributed by atoms with Crippen molar-refractivity contribution in [2.45, 2.75) is 59.0 Å². The standard InChI is InChI=1S/C17H30N2/c1-5-6-7-11-19(14(2)3)13-17(18)16-10-8-9-15(4)12-16/h8-10,12,14,17H,5-7,11,13,18H2,1-4H3. The molecule has 1 aromatic rings. The molecule has 1 aromatic carbocycles. The monoisotopic (exact) mass is 262 g/mol. The molecule has 0 fully saturated rings. The third kappa shape index (κ3) is 5.75. The van der Waals surface area contributed by atoms with Crippen LogP contribution in [0.5, 0.6) is 0 Å². The molecular formula is C17H30N2. The molecule has 0 aromatic heterocycles. The zero-order valence-electron chi connectivity index (χ0n) is 13.0. The predicted molar refractivity (Wildman–Crippen MR) is 84.3 cm³/mol. The van der Waals surface area contributed by atoms with Gasteiger partial charge in [-0.3, -0.25) is 4.90 Å². The first-order valence-corrected chi connectivity index (χ1v) is 7.60. The van der Waals surface area contributed by atoms with Crippen LogP contribution in [-0.2, 0) is 0 Å². The first-order valence-electron chi connectivity index (χ1n) is 7.60. The fourth-order valence-electron chi connectivity index (χ4n) is 2.38. The van der Waals surface area contributed by atoms with E-state index in [4.69, 9.17) is 5.73 Å². The predicted octanol–water partition coefficient (Wildman–Crippen LogP) is 3.90. The quantitative estimate of drug-likeness (QED) is 0.720. The fourth-order valence-corrected chi connectivity index (χ4v) is 2.38. The van der Waals surface area contributed by atoms with Gasteiger partial charge in [-0.25, -0.2) is 0 Å². The second-order valence-corrected chi connectivity index (χ2v) is 5.82. The van der Waals surface area contributed by atoms with Gasteiger partial charge in [0.05, 0.1) is 0 Å². The third-order valence-corrected chi connectivity index (χ3v) is 3.68. The summed E-state index contributed by atoms with van der Waals surface area (Å²) >= 11 is 0. The summed E-state index contributed by atoms with van der Waals surface area (Å²) < 4.78 is 0. The second kappa shape index (κ2) is 8.34. The van der Waals surface area contributed by atoms with Crippen molar-refractivity contribution in [1.82, 2.24) is 4.90 Å². The van der Waals surface area contributed by atoms with Crippen molar-refractivity contribution in [2.75, 3.05) is 13.1 Å². The minimum atomic E-state index is 0.115. The molecule has 0 bridgehead atoms. The normalized spacial score (nSPS) is 13.2. The molecule has 0 spiro atoms. The van der Waals surface area contributed by atoms with E-state index in [1.54, 1.807) is 0 Å². The highest BCUT2D eigenvalue weighted by Gasteiger charge is 2.14. The average Bonchev–Trinajstić information content (AvgIpc) is 2.37. The molecule has 0 aliphatic heterocycles. The number of rotatable bonds is 8. The molecule has 0 amide bonds. The van der Waals surface area contributed by atoms with E-state index >= 15 is 0 Å². The van der Waals surface area contributed by atoms with Gasteiger partial charge >= 0.3 is 0 Å². The molecule has 0 heterocycles. The van der Waals surface area contributed by atoms with E-state index in [0.29, 0.717) is 6.04 Å². The molecule has 0 saturated carbocycles. The van der Waals surface area contributed by atoms with Gasteiger partial charge in [0.15, 0.2) is 0 Å². The number of nitrogens with zero attached hydrogens (tertiary/aromatic N) is 1. The average molecular weight is 262 g/mol. The van der Waals surface area contributed by atoms with E-state index < -0.39 is 0 Å². The summed E-state index contributed by atoms with van der Waals surface area (Å²) in [4.78, 5) is 2.50. The molecule has 1 unspecified atom stereocenters. The van der Waals surface area contributed by atoms with Crippen molar-refractivity contribution >= 4 is 0 Å². The van der Waals surface area contributed by atoms with Crippen molar-refractivity contribution < 1.29 is 0 Å². The van der Waals surface area contributed by atoms with Crippen LogP contribution < -0.4 is 5.73 Å². The van der Waals surface area contributed by atoms with Crippen molar-refractivity contribution in [1.29, 1.82) is 0 Å². The highest BCUT2D eigenvalue weighted by molar-refractivity contribution is 5.25. The summed E-state index contributed by atoms with van der Waals surface area (Å²) in [5.41, 5.74) is 8.90. The SMILES string of the molecule is CCCCCN(CC(N)c1cccc(C)c1)C(C)C. The Morgan fingerprint density at radius 1 is 1.21 bits per heavy atom. The lowest BCUT2D eigenvalue weighted by Crippen LogP contribution is -2.37. The molecular weight excluding hydrogens is 232 g/mol. The first-order chi connectivity index (χ1) is 9.04. The Labute approximate surface area is 119 Å². The molecule has 1 atom stereocenters. The highest BCUT2D eigenvalue weighted by Crippen LogP contribution is 2.15. The highest BCUT2D eigenvalue weighted by atomic mass is 15.2. The van der Waals surface area contributed by atoms with E-state index in [0.717, 1.165) is 13.1 Å². The number of benzene rings is 1. The number of hydrogen-bond acceptors (Lipinski definition) is 2. The van der Waals surface area contributed by atoms with E-state index in [2.05, 4.69) is 56.9 Å². The topological polar surface area (TPSA) is 29.3 Å². The minimum absolute atomic E-state index is 0.115. The largest absolute Gasteiger partial charge is 0.323 e. The van der Waals surface area contributed by atoms with Crippen LogP contribution in [0.3, 0.4) is 0 Å². The van der Waals surface area contributed by atoms with Gasteiger partial charge in [-0.05, 0) is 39.3 Å². The Morgan fingerprint density at radius 3 is 2.53 bits per heavy atom. The van der Waals surface area contributed by atoms with Crippen LogP contribution in [0.15, 0.2) is 24.3 Å². The number of hydrogen-bond donors (Lipinski definition) is 1. The zero-order chi connectivity index (χ0) is 14.3. The van der Waals surface area contributed by atoms with Gasteiger partial charge < -0.3 is 5.73 Å². The summed E-state index contributed by atoms with van der Waals surface area (Å²) in [6.07, 6.45) is 3.86. The maximum absolute atomic E-state index is 6.37. The zero-order valence-corrected chi connectivity index (χ0v) is 13.0. The van der Waals surface area contributed by atoms with Gasteiger partial charge in [-0.2, -0.15) is 0 Å². The Balaban J connectivity index is 2.57. The Hall–Kier alpha value is -0.860. The molecule has 2 heteroatoms. The molecule has 1 rings (SSSR count). The van der Waals surface area contributed by atoms with E-state index in [1.807, 2.05) is 0 Å². The summed E-state index contributed by atoms with van der Waals surface area (Å²) in [5, 5.41) is 0. The first kappa shape index (κ1) is 16.2. The second-order valence-electron chi connectivity index (χ2n) is 5.82. The van der Waals surface area contributed by atoms with Gasteiger partial charge in [0, 0.05) is 18.6 Å². The van der Waals surface area contributed by atoms with Gasteiger partial charge in [-0.1, -0.05) is 49.6 Å². The fraction of sp³-hybridized carbons (Fsp3) is 0.647. The van der Waals surface area contributed by atoms with Crippen molar-refractivity contribution in [3.8, 4) is 0 Å². The number of aryl methyl sites for hydroxylation is 1. The molecule has 2 nitrogen and oxygen atoms in total. The third-order valence-electron chi connectivity index (χ3n) is 3.68. The van der Waals surface area contributed by atoms with E-state index in [9.17, 15) is 0 Å². The smallest absolute Gasteiger partial charge is 0.0424 e. The van der Waals surface area contributed by atoms with Crippen LogP contribution in [0.25, 0.3) is 0 Å². The van der Waals surface area contributed by atoms with Gasteiger partial charge in [0.25, 0.3) is 0 Å². The Morgan fingerprint density at radius 2 is 1.95 bits per heavy atom. The van der Waals surface area contributed by atoms with Gasteiger partial charge in [-0.15, -0.1) is 0 Å². The lowest BCUT2D eigenvalue weighted by Gasteiger charge is -2.29. The summed E-state index contributed by atoms with van der Waals surface area (Å²) in [6, 6.07) is 9.24. The molecule has 0 saturated heterocycles. The van der Waals surface area contributed by atoms with E-state index in [-0.39, 0.29) is 6.04 Å².